The lowest BCUT2D eigenvalue weighted by molar-refractivity contribution is -0.139. The van der Waals surface area contributed by atoms with Crippen LogP contribution in [0.25, 0.3) is 10.9 Å². The Morgan fingerprint density at radius 3 is 1.66 bits per heavy atom. The molecule has 0 aliphatic heterocycles. The largest absolute Gasteiger partial charge is 0.480 e. The number of benzene rings is 2. The minimum absolute atomic E-state index is 0.278. The fourth-order valence-electron chi connectivity index (χ4n) is 2.58. The summed E-state index contributed by atoms with van der Waals surface area (Å²) in [6, 6.07) is 14.7. The molecular weight excluding hydrogens is 498 g/mol. The van der Waals surface area contributed by atoms with Crippen molar-refractivity contribution in [2.75, 3.05) is 6.54 Å². The highest BCUT2D eigenvalue weighted by Gasteiger charge is 2.14. The molecule has 208 valence electrons. The van der Waals surface area contributed by atoms with Gasteiger partial charge in [0.25, 0.3) is 0 Å². The van der Waals surface area contributed by atoms with E-state index in [1.54, 1.807) is 0 Å². The molecule has 0 aliphatic carbocycles. The summed E-state index contributed by atoms with van der Waals surface area (Å²) in [7, 11) is 0. The molecule has 2 aromatic carbocycles. The van der Waals surface area contributed by atoms with E-state index in [0.29, 0.717) is 12.8 Å². The summed E-state index contributed by atoms with van der Waals surface area (Å²) >= 11 is 0. The van der Waals surface area contributed by atoms with Crippen LogP contribution < -0.4 is 22.9 Å². The Morgan fingerprint density at radius 1 is 0.763 bits per heavy atom. The van der Waals surface area contributed by atoms with E-state index >= 15 is 0 Å². The number of rotatable bonds is 8. The minimum Gasteiger partial charge on any atom is -0.480 e. The van der Waals surface area contributed by atoms with Crippen LogP contribution in [0.3, 0.4) is 0 Å². The SMILES string of the molecule is C[C@H](N)C(=O)O.NCC(=O)O.N[C@@H](Cc1c[nH]c2ccccc12)C(=O)O.N[C@@H](Cc1ccccc1)C(=O)O. The molecule has 38 heavy (non-hydrogen) atoms. The first-order valence-electron chi connectivity index (χ1n) is 11.3. The number of aliphatic carboxylic acids is 4. The van der Waals surface area contributed by atoms with Crippen molar-refractivity contribution >= 4 is 34.8 Å². The maximum Gasteiger partial charge on any atom is 0.320 e. The summed E-state index contributed by atoms with van der Waals surface area (Å²) in [4.78, 5) is 42.9. The number of para-hydroxylation sites is 1. The summed E-state index contributed by atoms with van der Waals surface area (Å²) < 4.78 is 0. The summed E-state index contributed by atoms with van der Waals surface area (Å²) in [6.45, 7) is 1.14. The smallest absolute Gasteiger partial charge is 0.320 e. The van der Waals surface area contributed by atoms with Crippen LogP contribution in [0.1, 0.15) is 18.1 Å². The van der Waals surface area contributed by atoms with Crippen molar-refractivity contribution in [1.82, 2.24) is 4.98 Å². The van der Waals surface area contributed by atoms with Gasteiger partial charge in [0, 0.05) is 23.5 Å². The van der Waals surface area contributed by atoms with Crippen LogP contribution in [0.15, 0.2) is 60.8 Å². The van der Waals surface area contributed by atoms with E-state index in [2.05, 4.69) is 10.7 Å². The van der Waals surface area contributed by atoms with Gasteiger partial charge in [0.15, 0.2) is 0 Å². The van der Waals surface area contributed by atoms with E-state index in [-0.39, 0.29) is 6.54 Å². The van der Waals surface area contributed by atoms with Gasteiger partial charge in [-0.2, -0.15) is 0 Å². The number of aromatic amines is 1. The zero-order valence-corrected chi connectivity index (χ0v) is 20.9. The Morgan fingerprint density at radius 2 is 1.21 bits per heavy atom. The Hall–Kier alpha value is -4.30. The van der Waals surface area contributed by atoms with Crippen LogP contribution in [0.2, 0.25) is 0 Å². The lowest BCUT2D eigenvalue weighted by Gasteiger charge is -2.04. The van der Waals surface area contributed by atoms with Gasteiger partial charge in [-0.1, -0.05) is 48.5 Å². The minimum atomic E-state index is -0.972. The third-order valence-corrected chi connectivity index (χ3v) is 4.61. The van der Waals surface area contributed by atoms with Crippen LogP contribution in [0.4, 0.5) is 0 Å². The molecule has 0 aliphatic rings. The Bertz CT molecular complexity index is 1150. The predicted octanol–water partition coefficient (Wildman–Crippen LogP) is 0.211. The van der Waals surface area contributed by atoms with Gasteiger partial charge in [-0.15, -0.1) is 0 Å². The first-order chi connectivity index (χ1) is 17.8. The first kappa shape index (κ1) is 33.7. The van der Waals surface area contributed by atoms with Crippen molar-refractivity contribution in [2.24, 2.45) is 22.9 Å². The molecule has 1 heterocycles. The van der Waals surface area contributed by atoms with E-state index < -0.39 is 42.0 Å². The second kappa shape index (κ2) is 18.0. The van der Waals surface area contributed by atoms with Crippen molar-refractivity contribution in [3.05, 3.63) is 71.9 Å². The average Bonchev–Trinajstić information content (AvgIpc) is 3.28. The molecular formula is C25H35N5O8. The molecule has 0 radical (unpaired) electrons. The molecule has 0 spiro atoms. The number of carbonyl (C=O) groups is 4. The van der Waals surface area contributed by atoms with E-state index in [1.807, 2.05) is 60.8 Å². The van der Waals surface area contributed by atoms with Gasteiger partial charge in [-0.05, 0) is 30.5 Å². The Labute approximate surface area is 219 Å². The fourth-order valence-corrected chi connectivity index (χ4v) is 2.58. The molecule has 0 unspecified atom stereocenters. The maximum absolute atomic E-state index is 10.6. The summed E-state index contributed by atoms with van der Waals surface area (Å²) in [5.74, 6) is -3.86. The van der Waals surface area contributed by atoms with Gasteiger partial charge in [0.2, 0.25) is 0 Å². The van der Waals surface area contributed by atoms with Crippen molar-refractivity contribution in [3.63, 3.8) is 0 Å². The van der Waals surface area contributed by atoms with Gasteiger partial charge >= 0.3 is 23.9 Å². The summed E-state index contributed by atoms with van der Waals surface area (Å²) in [5, 5.41) is 33.7. The zero-order valence-electron chi connectivity index (χ0n) is 20.9. The van der Waals surface area contributed by atoms with Crippen molar-refractivity contribution < 1.29 is 39.6 Å². The zero-order chi connectivity index (χ0) is 29.3. The Kier molecular flexibility index (Phi) is 16.0. The van der Waals surface area contributed by atoms with Crippen LogP contribution in [0, 0.1) is 0 Å². The van der Waals surface area contributed by atoms with E-state index in [4.69, 9.17) is 37.6 Å². The number of hydrogen-bond donors (Lipinski definition) is 9. The molecule has 0 saturated carbocycles. The van der Waals surface area contributed by atoms with E-state index in [0.717, 1.165) is 22.0 Å². The highest BCUT2D eigenvalue weighted by Crippen LogP contribution is 2.18. The second-order valence-corrected chi connectivity index (χ2v) is 7.87. The lowest BCUT2D eigenvalue weighted by Crippen LogP contribution is -2.32. The van der Waals surface area contributed by atoms with Gasteiger partial charge in [0.1, 0.15) is 18.1 Å². The Balaban J connectivity index is 0.000000531. The molecule has 0 fully saturated rings. The molecule has 0 amide bonds. The molecule has 1 aromatic heterocycles. The van der Waals surface area contributed by atoms with Crippen molar-refractivity contribution in [2.45, 2.75) is 37.9 Å². The number of carboxylic acids is 4. The van der Waals surface area contributed by atoms with Gasteiger partial charge in [-0.3, -0.25) is 19.2 Å². The molecule has 0 saturated heterocycles. The third-order valence-electron chi connectivity index (χ3n) is 4.61. The number of nitrogens with one attached hydrogen (secondary N) is 1. The van der Waals surface area contributed by atoms with Crippen molar-refractivity contribution in [3.8, 4) is 0 Å². The van der Waals surface area contributed by atoms with Gasteiger partial charge < -0.3 is 48.3 Å². The molecule has 13 N–H and O–H groups in total. The molecule has 3 rings (SSSR count). The van der Waals surface area contributed by atoms with E-state index in [1.165, 1.54) is 6.92 Å². The van der Waals surface area contributed by atoms with Gasteiger partial charge in [0.05, 0.1) is 6.54 Å². The average molecular weight is 534 g/mol. The van der Waals surface area contributed by atoms with E-state index in [9.17, 15) is 19.2 Å². The van der Waals surface area contributed by atoms with Crippen molar-refractivity contribution in [1.29, 1.82) is 0 Å². The predicted molar refractivity (Wildman–Crippen MR) is 141 cm³/mol. The molecule has 3 aromatic rings. The third kappa shape index (κ3) is 14.3. The number of carboxylic acid groups (broad SMARTS) is 4. The lowest BCUT2D eigenvalue weighted by atomic mass is 10.1. The maximum atomic E-state index is 10.6. The summed E-state index contributed by atoms with van der Waals surface area (Å²) in [5.41, 5.74) is 23.1. The highest BCUT2D eigenvalue weighted by molar-refractivity contribution is 5.84. The van der Waals surface area contributed by atoms with Crippen LogP contribution in [-0.2, 0) is 32.0 Å². The van der Waals surface area contributed by atoms with Crippen LogP contribution >= 0.6 is 0 Å². The van der Waals surface area contributed by atoms with Crippen LogP contribution in [-0.4, -0.2) is 74.0 Å². The molecule has 0 bridgehead atoms. The molecule has 13 nitrogen and oxygen atoms in total. The van der Waals surface area contributed by atoms with Crippen LogP contribution in [0.5, 0.6) is 0 Å². The normalized spacial score (nSPS) is 12.1. The fraction of sp³-hybridized carbons (Fsp3) is 0.280. The summed E-state index contributed by atoms with van der Waals surface area (Å²) in [6.07, 6.45) is 2.54. The molecule has 3 atom stereocenters. The number of aromatic nitrogens is 1. The topological polar surface area (TPSA) is 269 Å². The van der Waals surface area contributed by atoms with Gasteiger partial charge in [-0.25, -0.2) is 0 Å². The highest BCUT2D eigenvalue weighted by atomic mass is 16.4. The second-order valence-electron chi connectivity index (χ2n) is 7.87. The quantitative estimate of drug-likeness (QED) is 0.188. The number of nitrogens with two attached hydrogens (primary N) is 4. The standard InChI is InChI=1S/C11H12N2O2.C9H11NO2.C3H7NO2.C2H5NO2/c12-9(11(14)15)5-7-6-13-10-4-2-1-3-8(7)10;10-8(9(11)12)6-7-4-2-1-3-5-7;1-2(4)3(5)6;3-1-2(4)5/h1-4,6,9,13H,5,12H2,(H,14,15);1-5,8H,6,10H2,(H,11,12);2H,4H2,1H3,(H,5,6);1,3H2,(H,4,5)/t9-;8-;2-;/m000./s1. The number of hydrogen-bond acceptors (Lipinski definition) is 8. The number of H-pyrrole nitrogens is 1. The monoisotopic (exact) mass is 533 g/mol. The first-order valence-corrected chi connectivity index (χ1v) is 11.3. The number of fused-ring (bicyclic) bond motifs is 1. The molecule has 13 heteroatoms.